The molecule has 2 aromatic carbocycles. The average molecular weight is 356 g/mol. The summed E-state index contributed by atoms with van der Waals surface area (Å²) in [6, 6.07) is 14.8. The smallest absolute Gasteiger partial charge is 0.250 e. The highest BCUT2D eigenvalue weighted by atomic mass is 32.2. The number of amides is 1. The van der Waals surface area contributed by atoms with Crippen molar-refractivity contribution in [3.05, 3.63) is 72.3 Å². The zero-order chi connectivity index (χ0) is 17.9. The van der Waals surface area contributed by atoms with Gasteiger partial charge in [-0.25, -0.2) is 5.43 Å². The van der Waals surface area contributed by atoms with Crippen LogP contribution in [0, 0.1) is 0 Å². The largest absolute Gasteiger partial charge is 0.507 e. The van der Waals surface area contributed by atoms with E-state index in [1.54, 1.807) is 18.2 Å². The fourth-order valence-corrected chi connectivity index (χ4v) is 2.70. The third kappa shape index (κ3) is 6.73. The Kier molecular flexibility index (Phi) is 7.59. The summed E-state index contributed by atoms with van der Waals surface area (Å²) < 4.78 is 5.32. The van der Waals surface area contributed by atoms with Crippen molar-refractivity contribution in [2.45, 2.75) is 5.75 Å². The summed E-state index contributed by atoms with van der Waals surface area (Å²) in [4.78, 5) is 11.7. The zero-order valence-electron chi connectivity index (χ0n) is 13.7. The normalized spacial score (nSPS) is 10.6. The lowest BCUT2D eigenvalue weighted by Crippen LogP contribution is -2.19. The molecule has 0 fully saturated rings. The number of carbonyl (C=O) groups is 1. The van der Waals surface area contributed by atoms with E-state index < -0.39 is 0 Å². The van der Waals surface area contributed by atoms with Crippen molar-refractivity contribution in [3.63, 3.8) is 0 Å². The van der Waals surface area contributed by atoms with E-state index in [4.69, 9.17) is 4.74 Å². The Labute approximate surface area is 151 Å². The number of rotatable bonds is 9. The Balaban J connectivity index is 1.76. The molecule has 6 heteroatoms. The van der Waals surface area contributed by atoms with Crippen molar-refractivity contribution in [2.24, 2.45) is 5.10 Å². The minimum atomic E-state index is -0.192. The van der Waals surface area contributed by atoms with Crippen LogP contribution in [-0.4, -0.2) is 29.6 Å². The molecule has 2 rings (SSSR count). The molecule has 25 heavy (non-hydrogen) atoms. The van der Waals surface area contributed by atoms with E-state index in [2.05, 4.69) is 17.1 Å². The molecule has 0 spiro atoms. The molecule has 0 saturated heterocycles. The zero-order valence-corrected chi connectivity index (χ0v) is 14.5. The summed E-state index contributed by atoms with van der Waals surface area (Å²) >= 11 is 1.51. The van der Waals surface area contributed by atoms with Gasteiger partial charge in [-0.1, -0.05) is 43.0 Å². The van der Waals surface area contributed by atoms with Crippen LogP contribution in [0.1, 0.15) is 11.1 Å². The monoisotopic (exact) mass is 356 g/mol. The number of phenols is 1. The molecule has 0 unspecified atom stereocenters. The summed E-state index contributed by atoms with van der Waals surface area (Å²) in [6.45, 7) is 3.93. The van der Waals surface area contributed by atoms with Gasteiger partial charge in [0, 0.05) is 17.4 Å². The molecule has 0 aromatic heterocycles. The van der Waals surface area contributed by atoms with Crippen molar-refractivity contribution in [1.82, 2.24) is 5.43 Å². The van der Waals surface area contributed by atoms with Crippen LogP contribution in [0.4, 0.5) is 0 Å². The van der Waals surface area contributed by atoms with Gasteiger partial charge in [0.2, 0.25) is 5.91 Å². The molecule has 0 heterocycles. The highest BCUT2D eigenvalue weighted by Crippen LogP contribution is 2.22. The van der Waals surface area contributed by atoms with E-state index in [1.807, 2.05) is 30.3 Å². The number of carbonyl (C=O) groups excluding carboxylic acids is 1. The minimum Gasteiger partial charge on any atom is -0.507 e. The van der Waals surface area contributed by atoms with Gasteiger partial charge in [0.05, 0.1) is 12.0 Å². The number of hydrogen-bond acceptors (Lipinski definition) is 5. The summed E-state index contributed by atoms with van der Waals surface area (Å²) in [5.41, 5.74) is 4.11. The van der Waals surface area contributed by atoms with Gasteiger partial charge in [-0.15, -0.1) is 11.8 Å². The average Bonchev–Trinajstić information content (AvgIpc) is 2.62. The maximum absolute atomic E-state index is 11.7. The summed E-state index contributed by atoms with van der Waals surface area (Å²) in [7, 11) is 0. The van der Waals surface area contributed by atoms with Gasteiger partial charge in [-0.3, -0.25) is 4.79 Å². The van der Waals surface area contributed by atoms with Crippen molar-refractivity contribution in [3.8, 4) is 11.5 Å². The van der Waals surface area contributed by atoms with E-state index >= 15 is 0 Å². The Morgan fingerprint density at radius 3 is 2.80 bits per heavy atom. The summed E-state index contributed by atoms with van der Waals surface area (Å²) in [6.07, 6.45) is 3.02. The first kappa shape index (κ1) is 18.6. The maximum atomic E-state index is 11.7. The first-order valence-corrected chi connectivity index (χ1v) is 8.85. The third-order valence-corrected chi connectivity index (χ3v) is 4.11. The van der Waals surface area contributed by atoms with Crippen LogP contribution in [0.2, 0.25) is 0 Å². The number of aromatic hydroxyl groups is 1. The predicted octanol–water partition coefficient (Wildman–Crippen LogP) is 3.34. The minimum absolute atomic E-state index is 0.0259. The van der Waals surface area contributed by atoms with E-state index in [-0.39, 0.29) is 11.7 Å². The van der Waals surface area contributed by atoms with Crippen LogP contribution in [0.5, 0.6) is 11.5 Å². The molecule has 130 valence electrons. The van der Waals surface area contributed by atoms with Crippen LogP contribution in [0.15, 0.2) is 66.3 Å². The lowest BCUT2D eigenvalue weighted by molar-refractivity contribution is -0.118. The summed E-state index contributed by atoms with van der Waals surface area (Å²) in [5, 5.41) is 13.8. The molecule has 0 aliphatic heterocycles. The van der Waals surface area contributed by atoms with Crippen LogP contribution >= 0.6 is 11.8 Å². The van der Waals surface area contributed by atoms with Crippen molar-refractivity contribution in [2.75, 3.05) is 12.4 Å². The topological polar surface area (TPSA) is 70.9 Å². The lowest BCUT2D eigenvalue weighted by Gasteiger charge is -2.05. The van der Waals surface area contributed by atoms with E-state index in [0.29, 0.717) is 23.7 Å². The Bertz CT molecular complexity index is 733. The second-order valence-electron chi connectivity index (χ2n) is 5.09. The molecule has 0 saturated carbocycles. The number of hydrazone groups is 1. The standard InChI is InChI=1S/C19H20N2O3S/c1-2-10-24-17-9-8-16(18(22)11-17)12-20-21-19(23)14-25-13-15-6-4-3-5-7-15/h2-9,11-12,22H,1,10,13-14H2,(H,21,23)/b20-12-. The van der Waals surface area contributed by atoms with Crippen LogP contribution < -0.4 is 10.2 Å². The first-order valence-electron chi connectivity index (χ1n) is 7.69. The molecule has 5 nitrogen and oxygen atoms in total. The molecule has 2 N–H and O–H groups in total. The van der Waals surface area contributed by atoms with Crippen molar-refractivity contribution < 1.29 is 14.6 Å². The van der Waals surface area contributed by atoms with E-state index in [0.717, 1.165) is 5.75 Å². The van der Waals surface area contributed by atoms with Crippen LogP contribution in [0.3, 0.4) is 0 Å². The number of nitrogens with zero attached hydrogens (tertiary/aromatic N) is 1. The van der Waals surface area contributed by atoms with Gasteiger partial charge in [0.1, 0.15) is 18.1 Å². The molecule has 0 bridgehead atoms. The Morgan fingerprint density at radius 1 is 1.28 bits per heavy atom. The van der Waals surface area contributed by atoms with E-state index in [9.17, 15) is 9.90 Å². The van der Waals surface area contributed by atoms with Crippen LogP contribution in [0.25, 0.3) is 0 Å². The Morgan fingerprint density at radius 2 is 2.08 bits per heavy atom. The number of thioether (sulfide) groups is 1. The Hall–Kier alpha value is -2.73. The number of ether oxygens (including phenoxy) is 1. The third-order valence-electron chi connectivity index (χ3n) is 3.11. The van der Waals surface area contributed by atoms with Gasteiger partial charge >= 0.3 is 0 Å². The van der Waals surface area contributed by atoms with Gasteiger partial charge < -0.3 is 9.84 Å². The number of benzene rings is 2. The highest BCUT2D eigenvalue weighted by Gasteiger charge is 2.03. The quantitative estimate of drug-likeness (QED) is 0.411. The number of hydrogen-bond donors (Lipinski definition) is 2. The molecule has 0 radical (unpaired) electrons. The lowest BCUT2D eigenvalue weighted by atomic mass is 10.2. The second kappa shape index (κ2) is 10.2. The predicted molar refractivity (Wildman–Crippen MR) is 102 cm³/mol. The number of nitrogens with one attached hydrogen (secondary N) is 1. The van der Waals surface area contributed by atoms with Crippen LogP contribution in [-0.2, 0) is 10.5 Å². The molecule has 0 atom stereocenters. The van der Waals surface area contributed by atoms with Crippen molar-refractivity contribution >= 4 is 23.9 Å². The molecule has 0 aliphatic carbocycles. The van der Waals surface area contributed by atoms with E-state index in [1.165, 1.54) is 29.6 Å². The fourth-order valence-electron chi connectivity index (χ4n) is 1.92. The van der Waals surface area contributed by atoms with Gasteiger partial charge in [0.25, 0.3) is 0 Å². The molecular weight excluding hydrogens is 336 g/mol. The van der Waals surface area contributed by atoms with Gasteiger partial charge in [-0.2, -0.15) is 5.10 Å². The highest BCUT2D eigenvalue weighted by molar-refractivity contribution is 7.99. The SMILES string of the molecule is C=CCOc1ccc(/C=N\NC(=O)CSCc2ccccc2)c(O)c1. The second-order valence-corrected chi connectivity index (χ2v) is 6.08. The molecule has 0 aliphatic rings. The van der Waals surface area contributed by atoms with Gasteiger partial charge in [-0.05, 0) is 17.7 Å². The molecule has 2 aromatic rings. The fraction of sp³-hybridized carbons (Fsp3) is 0.158. The molecule has 1 amide bonds. The summed E-state index contributed by atoms with van der Waals surface area (Å²) in [5.74, 6) is 1.45. The van der Waals surface area contributed by atoms with Gasteiger partial charge in [0.15, 0.2) is 0 Å². The number of phenolic OH excluding ortho intramolecular Hbond substituents is 1. The molecular formula is C19H20N2O3S. The van der Waals surface area contributed by atoms with Crippen molar-refractivity contribution in [1.29, 1.82) is 0 Å². The first-order chi connectivity index (χ1) is 12.2. The maximum Gasteiger partial charge on any atom is 0.250 e.